The predicted octanol–water partition coefficient (Wildman–Crippen LogP) is 5.56. The van der Waals surface area contributed by atoms with Crippen molar-refractivity contribution in [3.63, 3.8) is 0 Å². The lowest BCUT2D eigenvalue weighted by atomic mass is 10.1. The van der Waals surface area contributed by atoms with Crippen molar-refractivity contribution in [2.45, 2.75) is 6.61 Å². The highest BCUT2D eigenvalue weighted by molar-refractivity contribution is 9.10. The number of ether oxygens (including phenoxy) is 1. The largest absolute Gasteiger partial charge is 0.507 e. The Kier molecular flexibility index (Phi) is 6.84. The SMILES string of the molecule is O=C(NN=Cc1ccc(OCc2cccc3ccccc23)c(Br)c1)c1cc([N+](=O)[O-])ccc1O. The van der Waals surface area contributed by atoms with E-state index in [0.29, 0.717) is 22.4 Å². The van der Waals surface area contributed by atoms with Crippen LogP contribution in [0.5, 0.6) is 11.5 Å². The van der Waals surface area contributed by atoms with Gasteiger partial charge in [0.2, 0.25) is 0 Å². The number of nitrogens with zero attached hydrogens (tertiary/aromatic N) is 2. The van der Waals surface area contributed by atoms with Crippen molar-refractivity contribution in [3.05, 3.63) is 110 Å². The summed E-state index contributed by atoms with van der Waals surface area (Å²) in [6.45, 7) is 0.399. The van der Waals surface area contributed by atoms with E-state index >= 15 is 0 Å². The Morgan fingerprint density at radius 1 is 1.09 bits per heavy atom. The summed E-state index contributed by atoms with van der Waals surface area (Å²) in [4.78, 5) is 22.5. The molecule has 34 heavy (non-hydrogen) atoms. The van der Waals surface area contributed by atoms with Gasteiger partial charge in [-0.15, -0.1) is 0 Å². The molecule has 0 saturated heterocycles. The zero-order valence-electron chi connectivity index (χ0n) is 17.6. The number of nitro groups is 1. The van der Waals surface area contributed by atoms with Gasteiger partial charge >= 0.3 is 0 Å². The number of phenols is 1. The summed E-state index contributed by atoms with van der Waals surface area (Å²) in [5.41, 5.74) is 3.44. The standard InChI is InChI=1S/C25H18BrN3O5/c26-22-12-16(14-27-28-25(31)21-13-19(29(32)33)9-10-23(21)30)8-11-24(22)34-15-18-6-3-5-17-4-1-2-7-20(17)18/h1-14,30H,15H2,(H,28,31). The minimum absolute atomic E-state index is 0.246. The molecule has 9 heteroatoms. The van der Waals surface area contributed by atoms with Crippen molar-refractivity contribution < 1.29 is 19.6 Å². The van der Waals surface area contributed by atoms with E-state index in [4.69, 9.17) is 4.74 Å². The van der Waals surface area contributed by atoms with Crippen molar-refractivity contribution in [1.82, 2.24) is 5.43 Å². The number of hydrazone groups is 1. The normalized spacial score (nSPS) is 11.0. The number of phenolic OH excluding ortho intramolecular Hbond substituents is 1. The number of benzene rings is 4. The maximum Gasteiger partial charge on any atom is 0.275 e. The number of hydrogen-bond acceptors (Lipinski definition) is 6. The summed E-state index contributed by atoms with van der Waals surface area (Å²) >= 11 is 3.49. The molecular weight excluding hydrogens is 502 g/mol. The molecule has 2 N–H and O–H groups in total. The predicted molar refractivity (Wildman–Crippen MR) is 132 cm³/mol. The van der Waals surface area contributed by atoms with Gasteiger partial charge in [-0.25, -0.2) is 5.43 Å². The van der Waals surface area contributed by atoms with E-state index in [1.807, 2.05) is 24.3 Å². The first-order valence-corrected chi connectivity index (χ1v) is 10.9. The summed E-state index contributed by atoms with van der Waals surface area (Å²) < 4.78 is 6.69. The number of carbonyl (C=O) groups excluding carboxylic acids is 1. The van der Waals surface area contributed by atoms with Gasteiger partial charge < -0.3 is 9.84 Å². The Labute approximate surface area is 202 Å². The quantitative estimate of drug-likeness (QED) is 0.188. The summed E-state index contributed by atoms with van der Waals surface area (Å²) in [5, 5.41) is 26.8. The molecule has 0 aliphatic heterocycles. The number of nitrogens with one attached hydrogen (secondary N) is 1. The summed E-state index contributed by atoms with van der Waals surface area (Å²) in [6, 6.07) is 22.7. The molecule has 0 aromatic heterocycles. The highest BCUT2D eigenvalue weighted by Gasteiger charge is 2.16. The molecule has 0 fully saturated rings. The fourth-order valence-corrected chi connectivity index (χ4v) is 3.84. The van der Waals surface area contributed by atoms with E-state index < -0.39 is 10.8 Å². The van der Waals surface area contributed by atoms with Crippen LogP contribution in [0.4, 0.5) is 5.69 Å². The number of rotatable bonds is 7. The van der Waals surface area contributed by atoms with Gasteiger partial charge in [0.25, 0.3) is 11.6 Å². The average Bonchev–Trinajstić information content (AvgIpc) is 2.83. The maximum atomic E-state index is 12.2. The molecule has 1 amide bonds. The Hall–Kier alpha value is -4.24. The molecule has 0 heterocycles. The van der Waals surface area contributed by atoms with E-state index in [-0.39, 0.29) is 17.0 Å². The second-order valence-electron chi connectivity index (χ2n) is 7.27. The lowest BCUT2D eigenvalue weighted by Crippen LogP contribution is -2.18. The third-order valence-corrected chi connectivity index (χ3v) is 5.65. The number of aromatic hydroxyl groups is 1. The minimum atomic E-state index is -0.772. The van der Waals surface area contributed by atoms with Crippen molar-refractivity contribution in [3.8, 4) is 11.5 Å². The van der Waals surface area contributed by atoms with Crippen molar-refractivity contribution in [2.75, 3.05) is 0 Å². The van der Waals surface area contributed by atoms with Crippen molar-refractivity contribution in [1.29, 1.82) is 0 Å². The van der Waals surface area contributed by atoms with Crippen LogP contribution in [-0.2, 0) is 6.61 Å². The van der Waals surface area contributed by atoms with E-state index in [2.05, 4.69) is 44.7 Å². The molecule has 0 atom stereocenters. The van der Waals surface area contributed by atoms with Gasteiger partial charge in [0.1, 0.15) is 18.1 Å². The minimum Gasteiger partial charge on any atom is -0.507 e. The van der Waals surface area contributed by atoms with Crippen LogP contribution in [0.2, 0.25) is 0 Å². The maximum absolute atomic E-state index is 12.2. The number of non-ortho nitro benzene ring substituents is 1. The van der Waals surface area contributed by atoms with Crippen LogP contribution in [0.25, 0.3) is 10.8 Å². The van der Waals surface area contributed by atoms with Crippen LogP contribution >= 0.6 is 15.9 Å². The Morgan fingerprint density at radius 3 is 2.68 bits per heavy atom. The molecule has 8 nitrogen and oxygen atoms in total. The highest BCUT2D eigenvalue weighted by atomic mass is 79.9. The number of fused-ring (bicyclic) bond motifs is 1. The number of hydrogen-bond donors (Lipinski definition) is 2. The van der Waals surface area contributed by atoms with E-state index in [0.717, 1.165) is 34.5 Å². The number of nitro benzene ring substituents is 1. The van der Waals surface area contributed by atoms with Gasteiger partial charge in [-0.05, 0) is 62.1 Å². The molecule has 0 saturated carbocycles. The van der Waals surface area contributed by atoms with Crippen LogP contribution in [0.1, 0.15) is 21.5 Å². The van der Waals surface area contributed by atoms with Crippen LogP contribution in [0, 0.1) is 10.1 Å². The zero-order chi connectivity index (χ0) is 24.1. The number of halogens is 1. The van der Waals surface area contributed by atoms with E-state index in [1.54, 1.807) is 18.2 Å². The first-order chi connectivity index (χ1) is 16.4. The zero-order valence-corrected chi connectivity index (χ0v) is 19.2. The molecule has 0 bridgehead atoms. The lowest BCUT2D eigenvalue weighted by Gasteiger charge is -2.11. The van der Waals surface area contributed by atoms with E-state index in [1.165, 1.54) is 6.21 Å². The topological polar surface area (TPSA) is 114 Å². The molecular formula is C25H18BrN3O5. The highest BCUT2D eigenvalue weighted by Crippen LogP contribution is 2.28. The van der Waals surface area contributed by atoms with Crippen LogP contribution < -0.4 is 10.2 Å². The molecule has 0 unspecified atom stereocenters. The first kappa shape index (κ1) is 22.9. The molecule has 0 radical (unpaired) electrons. The monoisotopic (exact) mass is 519 g/mol. The fraction of sp³-hybridized carbons (Fsp3) is 0.0400. The Morgan fingerprint density at radius 2 is 1.88 bits per heavy atom. The van der Waals surface area contributed by atoms with Crippen molar-refractivity contribution >= 4 is 44.5 Å². The van der Waals surface area contributed by atoms with Crippen LogP contribution in [0.3, 0.4) is 0 Å². The molecule has 170 valence electrons. The summed E-state index contributed by atoms with van der Waals surface area (Å²) in [5.74, 6) is -0.504. The van der Waals surface area contributed by atoms with Gasteiger partial charge in [0.05, 0.1) is 21.2 Å². The van der Waals surface area contributed by atoms with Crippen molar-refractivity contribution in [2.24, 2.45) is 5.10 Å². The smallest absolute Gasteiger partial charge is 0.275 e. The molecule has 4 aromatic rings. The summed E-state index contributed by atoms with van der Waals surface area (Å²) in [6.07, 6.45) is 1.41. The van der Waals surface area contributed by atoms with Gasteiger partial charge in [-0.1, -0.05) is 42.5 Å². The van der Waals surface area contributed by atoms with Gasteiger partial charge in [0.15, 0.2) is 0 Å². The molecule has 4 aromatic carbocycles. The Balaban J connectivity index is 1.41. The molecule has 0 aliphatic rings. The third kappa shape index (κ3) is 5.21. The van der Waals surface area contributed by atoms with Gasteiger partial charge in [-0.2, -0.15) is 5.10 Å². The number of carbonyl (C=O) groups is 1. The number of amides is 1. The van der Waals surface area contributed by atoms with Gasteiger partial charge in [0, 0.05) is 12.1 Å². The average molecular weight is 520 g/mol. The lowest BCUT2D eigenvalue weighted by molar-refractivity contribution is -0.384. The van der Waals surface area contributed by atoms with E-state index in [9.17, 15) is 20.0 Å². The second kappa shape index (κ2) is 10.1. The van der Waals surface area contributed by atoms with Crippen LogP contribution in [-0.4, -0.2) is 22.2 Å². The summed E-state index contributed by atoms with van der Waals surface area (Å²) in [7, 11) is 0. The molecule has 0 spiro atoms. The van der Waals surface area contributed by atoms with Gasteiger partial charge in [-0.3, -0.25) is 14.9 Å². The molecule has 4 rings (SSSR count). The molecule has 0 aliphatic carbocycles. The fourth-order valence-electron chi connectivity index (χ4n) is 3.33. The Bertz CT molecular complexity index is 1420. The van der Waals surface area contributed by atoms with Crippen LogP contribution in [0.15, 0.2) is 88.4 Å². The third-order valence-electron chi connectivity index (χ3n) is 5.03. The second-order valence-corrected chi connectivity index (χ2v) is 8.13. The first-order valence-electron chi connectivity index (χ1n) is 10.1.